The fourth-order valence-corrected chi connectivity index (χ4v) is 10.4. The Hall–Kier alpha value is -4.00. The maximum Gasteiger partial charge on any atom is 0.316 e. The smallest absolute Gasteiger partial charge is 0.316 e. The molecule has 0 N–H and O–H groups in total. The van der Waals surface area contributed by atoms with Gasteiger partial charge >= 0.3 is 12.0 Å². The lowest BCUT2D eigenvalue weighted by Crippen LogP contribution is -2.46. The molecule has 2 spiro atoms. The molecule has 4 aliphatic rings. The summed E-state index contributed by atoms with van der Waals surface area (Å²) in [6.07, 6.45) is 29.8. The Morgan fingerprint density at radius 3 is 1.23 bits per heavy atom. The average molecular weight is 891 g/mol. The van der Waals surface area contributed by atoms with Crippen molar-refractivity contribution in [2.45, 2.75) is 190 Å². The van der Waals surface area contributed by atoms with Crippen molar-refractivity contribution in [2.75, 3.05) is 26.4 Å². The first-order chi connectivity index (χ1) is 32.0. The summed E-state index contributed by atoms with van der Waals surface area (Å²) in [6.45, 7) is 6.14. The molecule has 0 radical (unpaired) electrons. The van der Waals surface area contributed by atoms with Gasteiger partial charge in [0, 0.05) is 61.6 Å². The zero-order valence-electron chi connectivity index (χ0n) is 39.3. The van der Waals surface area contributed by atoms with Gasteiger partial charge in [0.2, 0.25) is 0 Å². The van der Waals surface area contributed by atoms with E-state index in [4.69, 9.17) is 53.1 Å². The Kier molecular flexibility index (Phi) is 16.9. The maximum absolute atomic E-state index is 7.89. The van der Waals surface area contributed by atoms with Crippen LogP contribution >= 0.6 is 0 Å². The monoisotopic (exact) mass is 891 g/mol. The molecule has 11 nitrogen and oxygen atoms in total. The number of unbranched alkanes of at least 4 members (excludes halogenated alkanes) is 10. The van der Waals surface area contributed by atoms with E-state index < -0.39 is 35.0 Å². The molecule has 65 heavy (non-hydrogen) atoms. The van der Waals surface area contributed by atoms with Gasteiger partial charge in [-0.1, -0.05) is 152 Å². The molecule has 4 aromatic rings. The molecule has 2 aliphatic carbocycles. The number of benzene rings is 2. The largest absolute Gasteiger partial charge is 0.463 e. The molecule has 2 saturated carbocycles. The number of ether oxygens (including phenoxy) is 7. The standard InChI is InChI=1S/C54H74N4O7/c1-3-5-7-9-11-25-35-59-49-55-37-45(38-56-49)53(41-61-51(64-53)31-21-15-22-32-51)47(43-27-17-13-18-28-43)63-48(44-29-19-14-20-30-44)54(42-62-52(65-54)33-23-16-24-34-52)46-39-57-50(58-40-46)60-36-26-12-10-8-6-4-2/h13-14,17-20,27-30,37-40,47-48H,3-12,15-16,21-26,31-36,41-42H2,1-2H3/t47?,48?,53-,54-/m1/s1. The first-order valence-electron chi connectivity index (χ1n) is 25.4. The molecule has 2 aliphatic heterocycles. The van der Waals surface area contributed by atoms with Crippen LogP contribution in [0.3, 0.4) is 0 Å². The van der Waals surface area contributed by atoms with Crippen LogP contribution < -0.4 is 9.47 Å². The highest BCUT2D eigenvalue weighted by Crippen LogP contribution is 2.58. The van der Waals surface area contributed by atoms with Crippen LogP contribution in [0.25, 0.3) is 0 Å². The lowest BCUT2D eigenvalue weighted by atomic mass is 9.82. The van der Waals surface area contributed by atoms with E-state index in [1.165, 1.54) is 51.4 Å². The van der Waals surface area contributed by atoms with Crippen molar-refractivity contribution in [2.24, 2.45) is 0 Å². The van der Waals surface area contributed by atoms with Crippen LogP contribution in [0.15, 0.2) is 85.5 Å². The minimum Gasteiger partial charge on any atom is -0.463 e. The summed E-state index contributed by atoms with van der Waals surface area (Å²) in [5, 5.41) is 0. The highest BCUT2D eigenvalue weighted by atomic mass is 16.8. The van der Waals surface area contributed by atoms with Gasteiger partial charge in [0.15, 0.2) is 22.8 Å². The summed E-state index contributed by atoms with van der Waals surface area (Å²) in [7, 11) is 0. The van der Waals surface area contributed by atoms with Gasteiger partial charge in [0.1, 0.15) is 12.2 Å². The number of rotatable bonds is 24. The van der Waals surface area contributed by atoms with E-state index in [1.807, 2.05) is 36.9 Å². The number of hydrogen-bond donors (Lipinski definition) is 0. The van der Waals surface area contributed by atoms with Crippen molar-refractivity contribution in [3.8, 4) is 12.0 Å². The molecule has 8 rings (SSSR count). The molecule has 2 aromatic heterocycles. The molecular formula is C54H74N4O7. The number of nitrogens with zero attached hydrogens (tertiary/aromatic N) is 4. The fourth-order valence-electron chi connectivity index (χ4n) is 10.4. The summed E-state index contributed by atoms with van der Waals surface area (Å²) in [6, 6.07) is 21.5. The Labute approximate surface area is 388 Å². The van der Waals surface area contributed by atoms with E-state index in [-0.39, 0.29) is 13.2 Å². The summed E-state index contributed by atoms with van der Waals surface area (Å²) in [5.74, 6) is -1.53. The van der Waals surface area contributed by atoms with Crippen LogP contribution in [0, 0.1) is 0 Å². The van der Waals surface area contributed by atoms with Crippen LogP contribution in [0.2, 0.25) is 0 Å². The molecule has 352 valence electrons. The van der Waals surface area contributed by atoms with E-state index >= 15 is 0 Å². The second-order valence-electron chi connectivity index (χ2n) is 19.0. The first kappa shape index (κ1) is 47.5. The zero-order chi connectivity index (χ0) is 44.7. The molecule has 4 fully saturated rings. The van der Waals surface area contributed by atoms with Gasteiger partial charge in [0.05, 0.1) is 26.4 Å². The molecule has 2 unspecified atom stereocenters. The van der Waals surface area contributed by atoms with E-state index in [2.05, 4.69) is 62.4 Å². The van der Waals surface area contributed by atoms with Gasteiger partial charge in [-0.25, -0.2) is 19.9 Å². The Bertz CT molecular complexity index is 1840. The predicted octanol–water partition coefficient (Wildman–Crippen LogP) is 12.7. The van der Waals surface area contributed by atoms with Crippen molar-refractivity contribution < 1.29 is 33.2 Å². The average Bonchev–Trinajstić information content (AvgIpc) is 3.91. The molecule has 0 bridgehead atoms. The third kappa shape index (κ3) is 11.6. The quantitative estimate of drug-likeness (QED) is 0.0626. The Balaban J connectivity index is 1.16. The second kappa shape index (κ2) is 23.1. The summed E-state index contributed by atoms with van der Waals surface area (Å²) in [5.41, 5.74) is 1.12. The van der Waals surface area contributed by atoms with Gasteiger partial charge in [0.25, 0.3) is 0 Å². The topological polar surface area (TPSA) is 116 Å². The Morgan fingerprint density at radius 1 is 0.477 bits per heavy atom. The normalized spacial score (nSPS) is 23.4. The van der Waals surface area contributed by atoms with Crippen LogP contribution in [0.1, 0.15) is 190 Å². The minimum absolute atomic E-state index is 0.247. The van der Waals surface area contributed by atoms with Crippen molar-refractivity contribution in [3.63, 3.8) is 0 Å². The zero-order valence-corrected chi connectivity index (χ0v) is 39.3. The third-order valence-corrected chi connectivity index (χ3v) is 14.1. The van der Waals surface area contributed by atoms with Crippen LogP contribution in [-0.4, -0.2) is 57.9 Å². The van der Waals surface area contributed by atoms with Gasteiger partial charge in [-0.2, -0.15) is 0 Å². The van der Waals surface area contributed by atoms with Crippen LogP contribution in [-0.2, 0) is 34.9 Å². The lowest BCUT2D eigenvalue weighted by molar-refractivity contribution is -0.264. The first-order valence-corrected chi connectivity index (χ1v) is 25.4. The summed E-state index contributed by atoms with van der Waals surface area (Å²) < 4.78 is 49.0. The maximum atomic E-state index is 7.89. The van der Waals surface area contributed by atoms with Crippen molar-refractivity contribution in [1.82, 2.24) is 19.9 Å². The molecular weight excluding hydrogens is 817 g/mol. The highest BCUT2D eigenvalue weighted by molar-refractivity contribution is 5.33. The van der Waals surface area contributed by atoms with Crippen molar-refractivity contribution >= 4 is 0 Å². The van der Waals surface area contributed by atoms with Gasteiger partial charge in [-0.3, -0.25) is 0 Å². The molecule has 11 heteroatoms. The van der Waals surface area contributed by atoms with E-state index in [0.29, 0.717) is 25.2 Å². The molecule has 4 heterocycles. The van der Waals surface area contributed by atoms with Gasteiger partial charge < -0.3 is 33.2 Å². The Morgan fingerprint density at radius 2 is 0.846 bits per heavy atom. The lowest BCUT2D eigenvalue weighted by Gasteiger charge is -2.44. The van der Waals surface area contributed by atoms with E-state index in [1.54, 1.807) is 0 Å². The van der Waals surface area contributed by atoms with Crippen LogP contribution in [0.5, 0.6) is 12.0 Å². The van der Waals surface area contributed by atoms with Gasteiger partial charge in [-0.05, 0) is 49.7 Å². The van der Waals surface area contributed by atoms with Crippen molar-refractivity contribution in [1.29, 1.82) is 0 Å². The summed E-state index contributed by atoms with van der Waals surface area (Å²) >= 11 is 0. The predicted molar refractivity (Wildman–Crippen MR) is 250 cm³/mol. The van der Waals surface area contributed by atoms with E-state index in [0.717, 1.165) is 112 Å². The van der Waals surface area contributed by atoms with E-state index in [9.17, 15) is 0 Å². The molecule has 0 amide bonds. The fraction of sp³-hybridized carbons (Fsp3) is 0.630. The van der Waals surface area contributed by atoms with Gasteiger partial charge in [-0.15, -0.1) is 0 Å². The van der Waals surface area contributed by atoms with Crippen LogP contribution in [0.4, 0.5) is 0 Å². The number of hydrogen-bond acceptors (Lipinski definition) is 11. The summed E-state index contributed by atoms with van der Waals surface area (Å²) in [4.78, 5) is 19.2. The third-order valence-electron chi connectivity index (χ3n) is 14.1. The minimum atomic E-state index is -1.14. The molecule has 4 atom stereocenters. The highest BCUT2D eigenvalue weighted by Gasteiger charge is 2.61. The van der Waals surface area contributed by atoms with Crippen molar-refractivity contribution in [3.05, 3.63) is 108 Å². The second-order valence-corrected chi connectivity index (χ2v) is 19.0. The molecule has 2 aromatic carbocycles. The molecule has 2 saturated heterocycles. The SMILES string of the molecule is CCCCCCCCOc1ncc([C@@]2(C(OC(c3ccccc3)[C@]3(c4cnc(OCCCCCCCC)nc4)COC4(CCCCC4)O3)c3ccccc3)COC3(CCCCC3)O2)cn1. The number of aromatic nitrogens is 4.